The molecule has 0 saturated heterocycles. The molecule has 0 N–H and O–H groups in total. The van der Waals surface area contributed by atoms with E-state index in [1.807, 2.05) is 0 Å². The smallest absolute Gasteiger partial charge is 0.0218 e. The third-order valence-electron chi connectivity index (χ3n) is 8.42. The first-order valence-corrected chi connectivity index (χ1v) is 14.5. The van der Waals surface area contributed by atoms with Crippen molar-refractivity contribution in [2.24, 2.45) is 10.8 Å². The Hall–Kier alpha value is -1.34. The molecule has 0 spiro atoms. The summed E-state index contributed by atoms with van der Waals surface area (Å²) >= 11 is 0. The molecule has 2 unspecified atom stereocenters. The minimum absolute atomic E-state index is 0.151. The van der Waals surface area contributed by atoms with Crippen molar-refractivity contribution in [3.05, 3.63) is 70.8 Å². The van der Waals surface area contributed by atoms with E-state index in [1.165, 1.54) is 38.5 Å². The van der Waals surface area contributed by atoms with Gasteiger partial charge in [0, 0.05) is 15.3 Å². The molecule has 0 fully saturated rings. The van der Waals surface area contributed by atoms with Crippen LogP contribution in [0.3, 0.4) is 0 Å². The van der Waals surface area contributed by atoms with Crippen molar-refractivity contribution in [3.63, 3.8) is 0 Å². The van der Waals surface area contributed by atoms with Crippen LogP contribution in [-0.2, 0) is 5.04 Å². The molecule has 0 aliphatic rings. The molecule has 2 atom stereocenters. The Morgan fingerprint density at radius 3 is 1.42 bits per heavy atom. The third kappa shape index (κ3) is 6.84. The van der Waals surface area contributed by atoms with Gasteiger partial charge in [-0.25, -0.2) is 0 Å². The van der Waals surface area contributed by atoms with Crippen LogP contribution >= 0.6 is 0 Å². The summed E-state index contributed by atoms with van der Waals surface area (Å²) in [4.78, 5) is 0. The molecule has 2 aromatic carbocycles. The Labute approximate surface area is 209 Å². The molecule has 0 aliphatic heterocycles. The molecule has 1 heteroatoms. The van der Waals surface area contributed by atoms with Crippen molar-refractivity contribution in [2.75, 3.05) is 0 Å². The Bertz CT molecular complexity index is 801. The van der Waals surface area contributed by atoms with E-state index in [0.717, 1.165) is 10.2 Å². The summed E-state index contributed by atoms with van der Waals surface area (Å²) in [6.45, 7) is 21.5. The van der Waals surface area contributed by atoms with Crippen molar-refractivity contribution in [3.8, 4) is 0 Å². The summed E-state index contributed by atoms with van der Waals surface area (Å²) in [7, 11) is 1.13. The van der Waals surface area contributed by atoms with Gasteiger partial charge in [0.25, 0.3) is 0 Å². The van der Waals surface area contributed by atoms with Gasteiger partial charge in [0.2, 0.25) is 0 Å². The maximum absolute atomic E-state index is 2.47. The fourth-order valence-electron chi connectivity index (χ4n) is 5.18. The summed E-state index contributed by atoms with van der Waals surface area (Å²) in [5.41, 5.74) is 6.82. The highest BCUT2D eigenvalue weighted by Crippen LogP contribution is 2.46. The average molecular weight is 465 g/mol. The van der Waals surface area contributed by atoms with Crippen LogP contribution in [0.5, 0.6) is 0 Å². The van der Waals surface area contributed by atoms with Gasteiger partial charge in [-0.05, 0) is 51.3 Å². The van der Waals surface area contributed by atoms with E-state index in [1.54, 1.807) is 22.3 Å². The van der Waals surface area contributed by atoms with Gasteiger partial charge < -0.3 is 0 Å². The van der Waals surface area contributed by atoms with Crippen LogP contribution in [0.1, 0.15) is 135 Å². The molecule has 0 bridgehead atoms. The third-order valence-corrected chi connectivity index (χ3v) is 10.00. The van der Waals surface area contributed by atoms with Gasteiger partial charge in [0.1, 0.15) is 0 Å². The zero-order chi connectivity index (χ0) is 24.9. The summed E-state index contributed by atoms with van der Waals surface area (Å²) in [5.74, 6) is 1.05. The fraction of sp³-hybridized carbons (Fsp3) is 0.625. The Kier molecular flexibility index (Phi) is 9.63. The second-order valence-electron chi connectivity index (χ2n) is 12.8. The lowest BCUT2D eigenvalue weighted by Gasteiger charge is -2.40. The normalized spacial score (nSPS) is 16.4. The van der Waals surface area contributed by atoms with E-state index < -0.39 is 0 Å². The SMILES string of the molecule is CCCCCCCC([SiH3])(c1ccccc1C(C)C(C)(C)C)c1ccccc1C(C)C(C)(C)C. The van der Waals surface area contributed by atoms with Gasteiger partial charge in [-0.3, -0.25) is 0 Å². The topological polar surface area (TPSA) is 0 Å². The number of benzene rings is 2. The average Bonchev–Trinajstić information content (AvgIpc) is 2.76. The number of hydrogen-bond acceptors (Lipinski definition) is 0. The van der Waals surface area contributed by atoms with Gasteiger partial charge in [0.15, 0.2) is 0 Å². The van der Waals surface area contributed by atoms with Crippen LogP contribution < -0.4 is 0 Å². The zero-order valence-electron chi connectivity index (χ0n) is 23.5. The summed E-state index contributed by atoms with van der Waals surface area (Å²) in [5, 5.41) is 0.151. The molecular weight excluding hydrogens is 412 g/mol. The number of hydrogen-bond donors (Lipinski definition) is 0. The van der Waals surface area contributed by atoms with Crippen molar-refractivity contribution in [2.45, 2.75) is 118 Å². The quantitative estimate of drug-likeness (QED) is 0.243. The van der Waals surface area contributed by atoms with Crippen molar-refractivity contribution >= 4 is 10.2 Å². The lowest BCUT2D eigenvalue weighted by Crippen LogP contribution is -2.33. The highest BCUT2D eigenvalue weighted by molar-refractivity contribution is 6.18. The Morgan fingerprint density at radius 1 is 0.636 bits per heavy atom. The molecular formula is C32H52Si. The van der Waals surface area contributed by atoms with E-state index >= 15 is 0 Å². The van der Waals surface area contributed by atoms with Crippen molar-refractivity contribution < 1.29 is 0 Å². The molecule has 0 aliphatic carbocycles. The summed E-state index contributed by atoms with van der Waals surface area (Å²) in [6.07, 6.45) is 7.98. The highest BCUT2D eigenvalue weighted by Gasteiger charge is 2.37. The second-order valence-corrected chi connectivity index (χ2v) is 14.6. The summed E-state index contributed by atoms with van der Waals surface area (Å²) < 4.78 is 0. The molecule has 0 nitrogen and oxygen atoms in total. The standard InChI is InChI=1S/C32H52Si/c1-10-11-12-13-18-23-32(33,28-21-16-14-19-26(28)24(2)30(4,5)6)29-22-17-15-20-27(29)25(3)31(7,8)9/h14-17,19-22,24-25H,10-13,18,23H2,1-9,33H3. The van der Waals surface area contributed by atoms with E-state index in [2.05, 4.69) is 111 Å². The van der Waals surface area contributed by atoms with E-state index in [9.17, 15) is 0 Å². The predicted molar refractivity (Wildman–Crippen MR) is 153 cm³/mol. The van der Waals surface area contributed by atoms with E-state index in [4.69, 9.17) is 0 Å². The molecule has 33 heavy (non-hydrogen) atoms. The van der Waals surface area contributed by atoms with Gasteiger partial charge in [-0.2, -0.15) is 0 Å². The minimum Gasteiger partial charge on any atom is -0.0654 e. The number of rotatable bonds is 10. The van der Waals surface area contributed by atoms with E-state index in [-0.39, 0.29) is 15.9 Å². The highest BCUT2D eigenvalue weighted by atomic mass is 28.1. The lowest BCUT2D eigenvalue weighted by atomic mass is 9.70. The first-order chi connectivity index (χ1) is 15.3. The van der Waals surface area contributed by atoms with E-state index in [0.29, 0.717) is 11.8 Å². The molecule has 0 radical (unpaired) electrons. The van der Waals surface area contributed by atoms with Crippen LogP contribution in [0.2, 0.25) is 0 Å². The molecule has 0 saturated carbocycles. The van der Waals surface area contributed by atoms with Gasteiger partial charge >= 0.3 is 0 Å². The van der Waals surface area contributed by atoms with Gasteiger partial charge in [0.05, 0.1) is 0 Å². The molecule has 0 amide bonds. The summed E-state index contributed by atoms with van der Waals surface area (Å²) in [6, 6.07) is 18.9. The van der Waals surface area contributed by atoms with Crippen LogP contribution in [0.25, 0.3) is 0 Å². The molecule has 2 rings (SSSR count). The number of unbranched alkanes of at least 4 members (excludes halogenated alkanes) is 4. The first-order valence-electron chi connectivity index (χ1n) is 13.5. The lowest BCUT2D eigenvalue weighted by molar-refractivity contribution is 0.333. The monoisotopic (exact) mass is 464 g/mol. The molecule has 0 aromatic heterocycles. The second kappa shape index (κ2) is 11.4. The molecule has 0 heterocycles. The van der Waals surface area contributed by atoms with Crippen LogP contribution in [0, 0.1) is 10.8 Å². The minimum atomic E-state index is 0.151. The maximum atomic E-state index is 2.47. The van der Waals surface area contributed by atoms with Crippen molar-refractivity contribution in [1.82, 2.24) is 0 Å². The zero-order valence-corrected chi connectivity index (χ0v) is 25.5. The van der Waals surface area contributed by atoms with Crippen LogP contribution in [0.4, 0.5) is 0 Å². The maximum Gasteiger partial charge on any atom is 0.0218 e. The van der Waals surface area contributed by atoms with Crippen molar-refractivity contribution in [1.29, 1.82) is 0 Å². The Morgan fingerprint density at radius 2 is 1.03 bits per heavy atom. The van der Waals surface area contributed by atoms with Crippen LogP contribution in [0.15, 0.2) is 48.5 Å². The van der Waals surface area contributed by atoms with Gasteiger partial charge in [-0.15, -0.1) is 0 Å². The van der Waals surface area contributed by atoms with Gasteiger partial charge in [-0.1, -0.05) is 143 Å². The molecule has 2 aromatic rings. The van der Waals surface area contributed by atoms with Crippen LogP contribution in [-0.4, -0.2) is 10.2 Å². The fourth-order valence-corrected chi connectivity index (χ4v) is 6.45. The predicted octanol–water partition coefficient (Wildman–Crippen LogP) is 8.96. The largest absolute Gasteiger partial charge is 0.0654 e. The molecule has 184 valence electrons. The Balaban J connectivity index is 2.67. The first kappa shape index (κ1) is 27.9.